The lowest BCUT2D eigenvalue weighted by Crippen LogP contribution is -2.35. The Labute approximate surface area is 111 Å². The zero-order valence-electron chi connectivity index (χ0n) is 10.2. The van der Waals surface area contributed by atoms with Gasteiger partial charge in [0.15, 0.2) is 0 Å². The molecule has 1 aliphatic heterocycles. The van der Waals surface area contributed by atoms with E-state index >= 15 is 0 Å². The van der Waals surface area contributed by atoms with Gasteiger partial charge >= 0.3 is 0 Å². The average molecular weight is 264 g/mol. The molecule has 1 aliphatic rings. The van der Waals surface area contributed by atoms with E-state index in [4.69, 9.17) is 18.0 Å². The minimum Gasteiger partial charge on any atom is -0.389 e. The molecule has 1 amide bonds. The van der Waals surface area contributed by atoms with Crippen LogP contribution in [0.25, 0.3) is 0 Å². The highest BCUT2D eigenvalue weighted by Gasteiger charge is 2.24. The summed E-state index contributed by atoms with van der Waals surface area (Å²) < 4.78 is 0. The molecule has 2 rings (SSSR count). The van der Waals surface area contributed by atoms with Crippen LogP contribution in [0.3, 0.4) is 0 Å². The number of thiocarbonyl (C=S) groups is 1. The lowest BCUT2D eigenvalue weighted by atomic mass is 10.2. The summed E-state index contributed by atoms with van der Waals surface area (Å²) >= 11 is 4.95. The first-order valence-electron chi connectivity index (χ1n) is 5.84. The molecular formula is C12H16N4OS. The summed E-state index contributed by atoms with van der Waals surface area (Å²) in [6, 6.07) is 3.88. The van der Waals surface area contributed by atoms with E-state index in [9.17, 15) is 4.79 Å². The van der Waals surface area contributed by atoms with E-state index in [1.54, 1.807) is 12.3 Å². The number of pyridine rings is 1. The van der Waals surface area contributed by atoms with Crippen LogP contribution in [0, 0.1) is 0 Å². The quantitative estimate of drug-likeness (QED) is 0.775. The maximum atomic E-state index is 11.0. The van der Waals surface area contributed by atoms with Crippen molar-refractivity contribution in [2.24, 2.45) is 5.73 Å². The van der Waals surface area contributed by atoms with Gasteiger partial charge in [-0.15, -0.1) is 0 Å². The summed E-state index contributed by atoms with van der Waals surface area (Å²) in [5.74, 6) is 0.861. The predicted octanol–water partition coefficient (Wildman–Crippen LogP) is 0.431. The summed E-state index contributed by atoms with van der Waals surface area (Å²) in [6.07, 6.45) is 2.63. The van der Waals surface area contributed by atoms with Crippen LogP contribution in [0.4, 0.5) is 5.82 Å². The molecule has 1 aromatic heterocycles. The van der Waals surface area contributed by atoms with E-state index in [-0.39, 0.29) is 11.9 Å². The first-order valence-corrected chi connectivity index (χ1v) is 6.25. The molecule has 2 heterocycles. The molecule has 1 saturated heterocycles. The molecule has 0 aromatic carbocycles. The van der Waals surface area contributed by atoms with Crippen LogP contribution in [0.15, 0.2) is 18.3 Å². The molecule has 96 valence electrons. The van der Waals surface area contributed by atoms with E-state index in [0.717, 1.165) is 30.9 Å². The Kier molecular flexibility index (Phi) is 3.76. The molecule has 1 atom stereocenters. The van der Waals surface area contributed by atoms with Gasteiger partial charge in [0.2, 0.25) is 5.91 Å². The zero-order chi connectivity index (χ0) is 13.1. The smallest absolute Gasteiger partial charge is 0.217 e. The SMILES string of the molecule is CC(=O)NC1CCN(c2cc(C(N)=S)ccn2)C1. The Morgan fingerprint density at radius 2 is 2.44 bits per heavy atom. The number of carbonyl (C=O) groups excluding carboxylic acids is 1. The summed E-state index contributed by atoms with van der Waals surface area (Å²) in [6.45, 7) is 3.18. The number of nitrogens with one attached hydrogen (secondary N) is 1. The summed E-state index contributed by atoms with van der Waals surface area (Å²) in [5.41, 5.74) is 6.42. The predicted molar refractivity (Wildman–Crippen MR) is 74.6 cm³/mol. The third-order valence-electron chi connectivity index (χ3n) is 2.95. The molecule has 18 heavy (non-hydrogen) atoms. The number of rotatable bonds is 3. The molecular weight excluding hydrogens is 248 g/mol. The fraction of sp³-hybridized carbons (Fsp3) is 0.417. The van der Waals surface area contributed by atoms with E-state index in [1.807, 2.05) is 6.07 Å². The molecule has 1 unspecified atom stereocenters. The molecule has 0 aliphatic carbocycles. The van der Waals surface area contributed by atoms with Crippen LogP contribution in [0.1, 0.15) is 18.9 Å². The Bertz CT molecular complexity index is 477. The highest BCUT2D eigenvalue weighted by molar-refractivity contribution is 7.80. The van der Waals surface area contributed by atoms with Crippen LogP contribution in [-0.2, 0) is 4.79 Å². The second kappa shape index (κ2) is 5.30. The van der Waals surface area contributed by atoms with Crippen LogP contribution >= 0.6 is 12.2 Å². The molecule has 0 radical (unpaired) electrons. The van der Waals surface area contributed by atoms with Crippen molar-refractivity contribution in [1.29, 1.82) is 0 Å². The Morgan fingerprint density at radius 3 is 3.11 bits per heavy atom. The van der Waals surface area contributed by atoms with Crippen LogP contribution in [-0.4, -0.2) is 35.0 Å². The molecule has 0 bridgehead atoms. The molecule has 1 aromatic rings. The minimum absolute atomic E-state index is 0.00620. The van der Waals surface area contributed by atoms with Crippen molar-refractivity contribution in [1.82, 2.24) is 10.3 Å². The number of anilines is 1. The van der Waals surface area contributed by atoms with E-state index in [0.29, 0.717) is 4.99 Å². The number of amides is 1. The van der Waals surface area contributed by atoms with Gasteiger partial charge in [0, 0.05) is 37.8 Å². The van der Waals surface area contributed by atoms with Gasteiger partial charge in [-0.05, 0) is 18.6 Å². The first kappa shape index (κ1) is 12.8. The van der Waals surface area contributed by atoms with Crippen LogP contribution in [0.2, 0.25) is 0 Å². The first-order chi connectivity index (χ1) is 8.56. The van der Waals surface area contributed by atoms with Crippen molar-refractivity contribution in [2.45, 2.75) is 19.4 Å². The molecule has 5 nitrogen and oxygen atoms in total. The highest BCUT2D eigenvalue weighted by atomic mass is 32.1. The lowest BCUT2D eigenvalue weighted by molar-refractivity contribution is -0.119. The van der Waals surface area contributed by atoms with Crippen molar-refractivity contribution in [3.05, 3.63) is 23.9 Å². The van der Waals surface area contributed by atoms with Crippen molar-refractivity contribution in [3.63, 3.8) is 0 Å². The average Bonchev–Trinajstić information content (AvgIpc) is 2.77. The van der Waals surface area contributed by atoms with Gasteiger partial charge in [0.25, 0.3) is 0 Å². The fourth-order valence-electron chi connectivity index (χ4n) is 2.12. The number of nitrogens with two attached hydrogens (primary N) is 1. The van der Waals surface area contributed by atoms with Gasteiger partial charge in [-0.25, -0.2) is 4.98 Å². The Morgan fingerprint density at radius 1 is 1.67 bits per heavy atom. The normalized spacial score (nSPS) is 18.7. The van der Waals surface area contributed by atoms with Crippen LogP contribution in [0.5, 0.6) is 0 Å². The van der Waals surface area contributed by atoms with Crippen molar-refractivity contribution < 1.29 is 4.79 Å². The summed E-state index contributed by atoms with van der Waals surface area (Å²) in [7, 11) is 0. The second-order valence-corrected chi connectivity index (χ2v) is 4.84. The standard InChI is InChI=1S/C12H16N4OS/c1-8(17)15-10-3-5-16(7-10)11-6-9(12(13)18)2-4-14-11/h2,4,6,10H,3,5,7H2,1H3,(H2,13,18)(H,15,17). The Hall–Kier alpha value is -1.69. The number of carbonyl (C=O) groups is 1. The number of hydrogen-bond acceptors (Lipinski definition) is 4. The molecule has 0 saturated carbocycles. The topological polar surface area (TPSA) is 71.2 Å². The third-order valence-corrected chi connectivity index (χ3v) is 3.19. The maximum absolute atomic E-state index is 11.0. The monoisotopic (exact) mass is 264 g/mol. The van der Waals surface area contributed by atoms with Gasteiger partial charge in [0.1, 0.15) is 10.8 Å². The van der Waals surface area contributed by atoms with Gasteiger partial charge in [0.05, 0.1) is 0 Å². The van der Waals surface area contributed by atoms with E-state index in [2.05, 4.69) is 15.2 Å². The van der Waals surface area contributed by atoms with Crippen molar-refractivity contribution >= 4 is 28.9 Å². The van der Waals surface area contributed by atoms with Crippen LogP contribution < -0.4 is 16.0 Å². The fourth-order valence-corrected chi connectivity index (χ4v) is 2.25. The summed E-state index contributed by atoms with van der Waals surface area (Å²) in [5, 5.41) is 2.92. The van der Waals surface area contributed by atoms with E-state index < -0.39 is 0 Å². The second-order valence-electron chi connectivity index (χ2n) is 4.40. The number of aromatic nitrogens is 1. The van der Waals surface area contributed by atoms with Gasteiger partial charge < -0.3 is 16.0 Å². The lowest BCUT2D eigenvalue weighted by Gasteiger charge is -2.18. The third kappa shape index (κ3) is 2.95. The molecule has 0 spiro atoms. The van der Waals surface area contributed by atoms with Crippen molar-refractivity contribution in [2.75, 3.05) is 18.0 Å². The van der Waals surface area contributed by atoms with Gasteiger partial charge in [-0.3, -0.25) is 4.79 Å². The molecule has 3 N–H and O–H groups in total. The van der Waals surface area contributed by atoms with E-state index in [1.165, 1.54) is 6.92 Å². The van der Waals surface area contributed by atoms with Gasteiger partial charge in [-0.1, -0.05) is 12.2 Å². The zero-order valence-corrected chi connectivity index (χ0v) is 11.0. The highest BCUT2D eigenvalue weighted by Crippen LogP contribution is 2.19. The number of hydrogen-bond donors (Lipinski definition) is 2. The molecule has 6 heteroatoms. The van der Waals surface area contributed by atoms with Gasteiger partial charge in [-0.2, -0.15) is 0 Å². The molecule has 1 fully saturated rings. The van der Waals surface area contributed by atoms with Crippen molar-refractivity contribution in [3.8, 4) is 0 Å². The Balaban J connectivity index is 2.07. The summed E-state index contributed by atoms with van der Waals surface area (Å²) in [4.78, 5) is 17.8. The minimum atomic E-state index is 0.00620. The number of nitrogens with zero attached hydrogens (tertiary/aromatic N) is 2. The largest absolute Gasteiger partial charge is 0.389 e. The maximum Gasteiger partial charge on any atom is 0.217 e.